The van der Waals surface area contributed by atoms with Gasteiger partial charge in [-0.15, -0.1) is 0 Å². The molecule has 0 aliphatic carbocycles. The second kappa shape index (κ2) is 8.47. The molecule has 0 bridgehead atoms. The molecule has 5 nitrogen and oxygen atoms in total. The number of aryl methyl sites for hydroxylation is 1. The first-order chi connectivity index (χ1) is 11.7. The Labute approximate surface area is 145 Å². The summed E-state index contributed by atoms with van der Waals surface area (Å²) < 4.78 is 0. The van der Waals surface area contributed by atoms with Crippen LogP contribution in [0.2, 0.25) is 0 Å². The standard InChI is InChI=1S/C19H30N4O/c1-16-6-8-20-18(12-16)21-13-17-7-11-22(14-17)15-19(24)23-9-4-2-3-5-10-23/h6,8,12,17H,2-5,7,9-11,13-15H2,1H3,(H,20,21). The molecule has 1 amide bonds. The maximum atomic E-state index is 12.5. The molecular weight excluding hydrogens is 300 g/mol. The monoisotopic (exact) mass is 330 g/mol. The van der Waals surface area contributed by atoms with Gasteiger partial charge in [-0.05, 0) is 56.3 Å². The molecule has 2 aliphatic rings. The first-order valence-electron chi connectivity index (χ1n) is 9.37. The van der Waals surface area contributed by atoms with E-state index >= 15 is 0 Å². The highest BCUT2D eigenvalue weighted by molar-refractivity contribution is 5.78. The molecule has 0 saturated carbocycles. The van der Waals surface area contributed by atoms with Gasteiger partial charge >= 0.3 is 0 Å². The van der Waals surface area contributed by atoms with Gasteiger partial charge < -0.3 is 10.2 Å². The van der Waals surface area contributed by atoms with Gasteiger partial charge in [-0.1, -0.05) is 12.8 Å². The SMILES string of the molecule is Cc1ccnc(NCC2CCN(CC(=O)N3CCCCCC3)C2)c1. The fraction of sp³-hybridized carbons (Fsp3) is 0.684. The van der Waals surface area contributed by atoms with Crippen LogP contribution in [0.4, 0.5) is 5.82 Å². The van der Waals surface area contributed by atoms with E-state index in [1.54, 1.807) is 0 Å². The number of carbonyl (C=O) groups is 1. The molecule has 132 valence electrons. The van der Waals surface area contributed by atoms with Crippen LogP contribution in [-0.2, 0) is 4.79 Å². The van der Waals surface area contributed by atoms with Crippen LogP contribution < -0.4 is 5.32 Å². The van der Waals surface area contributed by atoms with E-state index in [1.165, 1.54) is 31.2 Å². The van der Waals surface area contributed by atoms with Crippen LogP contribution in [0.5, 0.6) is 0 Å². The minimum atomic E-state index is 0.325. The number of pyridine rings is 1. The predicted molar refractivity (Wildman–Crippen MR) is 97.1 cm³/mol. The van der Waals surface area contributed by atoms with E-state index < -0.39 is 0 Å². The lowest BCUT2D eigenvalue weighted by atomic mass is 10.1. The Morgan fingerprint density at radius 2 is 2.04 bits per heavy atom. The molecule has 0 aromatic carbocycles. The minimum Gasteiger partial charge on any atom is -0.370 e. The number of aromatic nitrogens is 1. The van der Waals surface area contributed by atoms with E-state index in [9.17, 15) is 4.79 Å². The number of amides is 1. The summed E-state index contributed by atoms with van der Waals surface area (Å²) in [5.41, 5.74) is 1.23. The van der Waals surface area contributed by atoms with Gasteiger partial charge in [0.25, 0.3) is 0 Å². The molecule has 1 aromatic rings. The highest BCUT2D eigenvalue weighted by atomic mass is 16.2. The zero-order valence-corrected chi connectivity index (χ0v) is 14.8. The molecule has 5 heteroatoms. The third-order valence-electron chi connectivity index (χ3n) is 5.17. The lowest BCUT2D eigenvalue weighted by Gasteiger charge is -2.24. The highest BCUT2D eigenvalue weighted by Crippen LogP contribution is 2.18. The smallest absolute Gasteiger partial charge is 0.236 e. The van der Waals surface area contributed by atoms with Crippen LogP contribution in [0.25, 0.3) is 0 Å². The van der Waals surface area contributed by atoms with Crippen molar-refractivity contribution in [2.45, 2.75) is 39.0 Å². The maximum absolute atomic E-state index is 12.5. The minimum absolute atomic E-state index is 0.325. The Morgan fingerprint density at radius 1 is 1.25 bits per heavy atom. The number of rotatable bonds is 5. The summed E-state index contributed by atoms with van der Waals surface area (Å²) in [6.45, 7) is 7.57. The summed E-state index contributed by atoms with van der Waals surface area (Å²) in [4.78, 5) is 21.2. The summed E-state index contributed by atoms with van der Waals surface area (Å²) in [6, 6.07) is 4.09. The molecule has 1 N–H and O–H groups in total. The van der Waals surface area contributed by atoms with Gasteiger partial charge in [0.05, 0.1) is 6.54 Å². The van der Waals surface area contributed by atoms with Gasteiger partial charge in [0.2, 0.25) is 5.91 Å². The molecular formula is C19H30N4O. The number of carbonyl (C=O) groups excluding carboxylic acids is 1. The number of anilines is 1. The summed E-state index contributed by atoms with van der Waals surface area (Å²) in [7, 11) is 0. The number of likely N-dealkylation sites (tertiary alicyclic amines) is 2. The quantitative estimate of drug-likeness (QED) is 0.901. The van der Waals surface area contributed by atoms with Crippen LogP contribution in [0.15, 0.2) is 18.3 Å². The average Bonchev–Trinajstić information content (AvgIpc) is 2.83. The Hall–Kier alpha value is -1.62. The molecule has 24 heavy (non-hydrogen) atoms. The summed E-state index contributed by atoms with van der Waals surface area (Å²) >= 11 is 0. The Bertz CT molecular complexity index is 540. The molecule has 2 fully saturated rings. The Kier molecular flexibility index (Phi) is 6.07. The number of nitrogens with zero attached hydrogens (tertiary/aromatic N) is 3. The second-order valence-electron chi connectivity index (χ2n) is 7.28. The molecule has 1 atom stereocenters. The molecule has 0 radical (unpaired) electrons. The predicted octanol–water partition coefficient (Wildman–Crippen LogP) is 2.53. The van der Waals surface area contributed by atoms with Gasteiger partial charge in [0, 0.05) is 32.4 Å². The maximum Gasteiger partial charge on any atom is 0.236 e. The van der Waals surface area contributed by atoms with E-state index in [0.717, 1.165) is 45.0 Å². The van der Waals surface area contributed by atoms with Crippen molar-refractivity contribution in [3.8, 4) is 0 Å². The fourth-order valence-electron chi connectivity index (χ4n) is 3.72. The van der Waals surface area contributed by atoms with Crippen LogP contribution in [0.3, 0.4) is 0 Å². The van der Waals surface area contributed by atoms with Crippen molar-refractivity contribution in [3.63, 3.8) is 0 Å². The molecule has 2 aliphatic heterocycles. The van der Waals surface area contributed by atoms with Crippen LogP contribution in [-0.4, -0.2) is 60.0 Å². The molecule has 2 saturated heterocycles. The third-order valence-corrected chi connectivity index (χ3v) is 5.17. The number of hydrogen-bond acceptors (Lipinski definition) is 4. The topological polar surface area (TPSA) is 48.5 Å². The highest BCUT2D eigenvalue weighted by Gasteiger charge is 2.26. The summed E-state index contributed by atoms with van der Waals surface area (Å²) in [5, 5.41) is 3.44. The molecule has 3 heterocycles. The fourth-order valence-corrected chi connectivity index (χ4v) is 3.72. The molecule has 0 spiro atoms. The van der Waals surface area contributed by atoms with Crippen LogP contribution in [0.1, 0.15) is 37.7 Å². The first kappa shape index (κ1) is 17.2. The number of nitrogens with one attached hydrogen (secondary N) is 1. The van der Waals surface area contributed by atoms with E-state index in [1.807, 2.05) is 12.3 Å². The molecule has 3 rings (SSSR count). The van der Waals surface area contributed by atoms with Gasteiger partial charge in [-0.3, -0.25) is 9.69 Å². The number of hydrogen-bond donors (Lipinski definition) is 1. The normalized spacial score (nSPS) is 22.4. The summed E-state index contributed by atoms with van der Waals surface area (Å²) in [5.74, 6) is 1.88. The van der Waals surface area contributed by atoms with Crippen LogP contribution in [0, 0.1) is 12.8 Å². The third kappa shape index (κ3) is 4.94. The van der Waals surface area contributed by atoms with Crippen molar-refractivity contribution in [3.05, 3.63) is 23.9 Å². The van der Waals surface area contributed by atoms with Crippen molar-refractivity contribution >= 4 is 11.7 Å². The van der Waals surface area contributed by atoms with Gasteiger partial charge in [0.15, 0.2) is 0 Å². The van der Waals surface area contributed by atoms with Gasteiger partial charge in [-0.25, -0.2) is 4.98 Å². The zero-order valence-electron chi connectivity index (χ0n) is 14.8. The average molecular weight is 330 g/mol. The largest absolute Gasteiger partial charge is 0.370 e. The lowest BCUT2D eigenvalue weighted by Crippen LogP contribution is -2.40. The van der Waals surface area contributed by atoms with Gasteiger partial charge in [0.1, 0.15) is 5.82 Å². The lowest BCUT2D eigenvalue weighted by molar-refractivity contribution is -0.132. The Morgan fingerprint density at radius 3 is 2.79 bits per heavy atom. The van der Waals surface area contributed by atoms with Crippen molar-refractivity contribution in [2.75, 3.05) is 44.6 Å². The Balaban J connectivity index is 1.41. The molecule has 1 unspecified atom stereocenters. The van der Waals surface area contributed by atoms with Gasteiger partial charge in [-0.2, -0.15) is 0 Å². The molecule has 1 aromatic heterocycles. The second-order valence-corrected chi connectivity index (χ2v) is 7.28. The van der Waals surface area contributed by atoms with Crippen molar-refractivity contribution in [1.82, 2.24) is 14.8 Å². The van der Waals surface area contributed by atoms with Crippen LogP contribution >= 0.6 is 0 Å². The van der Waals surface area contributed by atoms with Crippen molar-refractivity contribution in [2.24, 2.45) is 5.92 Å². The zero-order chi connectivity index (χ0) is 16.8. The first-order valence-corrected chi connectivity index (χ1v) is 9.37. The summed E-state index contributed by atoms with van der Waals surface area (Å²) in [6.07, 6.45) is 7.89. The van der Waals surface area contributed by atoms with Crippen molar-refractivity contribution < 1.29 is 4.79 Å². The van der Waals surface area contributed by atoms with E-state index in [0.29, 0.717) is 18.4 Å². The van der Waals surface area contributed by atoms with E-state index in [2.05, 4.69) is 33.1 Å². The van der Waals surface area contributed by atoms with Crippen molar-refractivity contribution in [1.29, 1.82) is 0 Å². The van der Waals surface area contributed by atoms with E-state index in [-0.39, 0.29) is 0 Å². The van der Waals surface area contributed by atoms with E-state index in [4.69, 9.17) is 0 Å².